The van der Waals surface area contributed by atoms with E-state index >= 15 is 0 Å². The summed E-state index contributed by atoms with van der Waals surface area (Å²) in [4.78, 5) is 31.1. The predicted octanol–water partition coefficient (Wildman–Crippen LogP) is -0.00830. The first kappa shape index (κ1) is 9.90. The third-order valence-electron chi connectivity index (χ3n) is 1.61. The summed E-state index contributed by atoms with van der Waals surface area (Å²) in [6.07, 6.45) is 1.03. The Hall–Kier alpha value is -2.18. The van der Waals surface area contributed by atoms with Crippen LogP contribution in [-0.4, -0.2) is 20.6 Å². The molecule has 0 aliphatic carbocycles. The van der Waals surface area contributed by atoms with Gasteiger partial charge in [-0.2, -0.15) is 0 Å². The molecule has 7 nitrogen and oxygen atoms in total. The third kappa shape index (κ3) is 1.60. The molecule has 1 rings (SSSR count). The molecule has 0 amide bonds. The lowest BCUT2D eigenvalue weighted by atomic mass is 10.2. The lowest BCUT2D eigenvalue weighted by Gasteiger charge is -1.99. The van der Waals surface area contributed by atoms with E-state index < -0.39 is 22.1 Å². The number of pyridine rings is 1. The van der Waals surface area contributed by atoms with Gasteiger partial charge < -0.3 is 9.67 Å². The third-order valence-corrected chi connectivity index (χ3v) is 1.61. The van der Waals surface area contributed by atoms with Crippen LogP contribution in [-0.2, 0) is 7.05 Å². The average Bonchev–Trinajstić information content (AvgIpc) is 2.08. The Bertz CT molecular complexity index is 462. The maximum atomic E-state index is 11.1. The molecule has 0 saturated carbocycles. The molecule has 0 aromatic carbocycles. The Morgan fingerprint density at radius 1 is 1.64 bits per heavy atom. The van der Waals surface area contributed by atoms with E-state index in [4.69, 9.17) is 5.11 Å². The van der Waals surface area contributed by atoms with Crippen LogP contribution in [0.1, 0.15) is 10.4 Å². The number of hydrogen-bond donors (Lipinski definition) is 1. The average molecular weight is 198 g/mol. The standard InChI is InChI=1S/C7H6N2O5/c1-8-3-4(7(11)12)2-5(6(8)10)9(13)14/h2-3H,1H3,(H,11,12). The van der Waals surface area contributed by atoms with E-state index in [1.54, 1.807) is 0 Å². The van der Waals surface area contributed by atoms with E-state index in [-0.39, 0.29) is 5.56 Å². The number of rotatable bonds is 2. The molecule has 0 fully saturated rings. The highest BCUT2D eigenvalue weighted by molar-refractivity contribution is 5.87. The molecular formula is C7H6N2O5. The number of aromatic carboxylic acids is 1. The van der Waals surface area contributed by atoms with Gasteiger partial charge in [-0.3, -0.25) is 14.9 Å². The fraction of sp³-hybridized carbons (Fsp3) is 0.143. The van der Waals surface area contributed by atoms with Crippen molar-refractivity contribution in [2.45, 2.75) is 0 Å². The van der Waals surface area contributed by atoms with Crippen LogP contribution in [0.25, 0.3) is 0 Å². The zero-order valence-electron chi connectivity index (χ0n) is 7.13. The molecule has 1 aromatic rings. The number of aryl methyl sites for hydroxylation is 1. The van der Waals surface area contributed by atoms with Crippen molar-refractivity contribution in [1.82, 2.24) is 4.57 Å². The zero-order chi connectivity index (χ0) is 10.9. The van der Waals surface area contributed by atoms with Crippen molar-refractivity contribution in [1.29, 1.82) is 0 Å². The minimum Gasteiger partial charge on any atom is -0.478 e. The second-order valence-electron chi connectivity index (χ2n) is 2.59. The normalized spacial score (nSPS) is 9.79. The summed E-state index contributed by atoms with van der Waals surface area (Å²) in [6.45, 7) is 0. The molecule has 7 heteroatoms. The molecule has 0 spiro atoms. The van der Waals surface area contributed by atoms with Crippen molar-refractivity contribution >= 4 is 11.7 Å². The predicted molar refractivity (Wildman–Crippen MR) is 45.3 cm³/mol. The van der Waals surface area contributed by atoms with E-state index in [9.17, 15) is 19.7 Å². The first-order chi connectivity index (χ1) is 6.43. The van der Waals surface area contributed by atoms with Crippen molar-refractivity contribution in [3.63, 3.8) is 0 Å². The van der Waals surface area contributed by atoms with Crippen molar-refractivity contribution in [2.75, 3.05) is 0 Å². The van der Waals surface area contributed by atoms with Crippen LogP contribution in [0.4, 0.5) is 5.69 Å². The molecular weight excluding hydrogens is 192 g/mol. The Balaban J connectivity index is 3.51. The van der Waals surface area contributed by atoms with E-state index in [1.807, 2.05) is 0 Å². The quantitative estimate of drug-likeness (QED) is 0.531. The van der Waals surface area contributed by atoms with Crippen molar-refractivity contribution < 1.29 is 14.8 Å². The minimum atomic E-state index is -1.32. The summed E-state index contributed by atoms with van der Waals surface area (Å²) in [7, 11) is 1.25. The van der Waals surface area contributed by atoms with Gasteiger partial charge in [0, 0.05) is 19.3 Å². The molecule has 1 N–H and O–H groups in total. The van der Waals surface area contributed by atoms with Crippen LogP contribution in [0, 0.1) is 10.1 Å². The molecule has 1 aromatic heterocycles. The lowest BCUT2D eigenvalue weighted by Crippen LogP contribution is -2.21. The number of aromatic nitrogens is 1. The fourth-order valence-electron chi connectivity index (χ4n) is 0.942. The molecule has 1 heterocycles. The lowest BCUT2D eigenvalue weighted by molar-refractivity contribution is -0.386. The molecule has 0 unspecified atom stereocenters. The maximum Gasteiger partial charge on any atom is 0.337 e. The summed E-state index contributed by atoms with van der Waals surface area (Å²) in [6, 6.07) is 0.741. The summed E-state index contributed by atoms with van der Waals surface area (Å²) < 4.78 is 0.863. The number of carboxylic acids is 1. The van der Waals surface area contributed by atoms with Gasteiger partial charge in [0.1, 0.15) is 0 Å². The van der Waals surface area contributed by atoms with Crippen LogP contribution < -0.4 is 5.56 Å². The van der Waals surface area contributed by atoms with Gasteiger partial charge in [0.15, 0.2) is 0 Å². The van der Waals surface area contributed by atoms with Crippen molar-refractivity contribution in [3.05, 3.63) is 38.3 Å². The zero-order valence-corrected chi connectivity index (χ0v) is 7.13. The van der Waals surface area contributed by atoms with E-state index in [0.717, 1.165) is 16.8 Å². The van der Waals surface area contributed by atoms with Crippen LogP contribution >= 0.6 is 0 Å². The van der Waals surface area contributed by atoms with Gasteiger partial charge in [-0.15, -0.1) is 0 Å². The number of carboxylic acid groups (broad SMARTS) is 1. The Morgan fingerprint density at radius 3 is 2.64 bits per heavy atom. The highest BCUT2D eigenvalue weighted by Crippen LogP contribution is 2.06. The smallest absolute Gasteiger partial charge is 0.337 e. The summed E-state index contributed by atoms with van der Waals surface area (Å²) in [5.74, 6) is -1.32. The Labute approximate surface area is 77.4 Å². The van der Waals surface area contributed by atoms with Crippen molar-refractivity contribution in [3.8, 4) is 0 Å². The second kappa shape index (κ2) is 3.29. The summed E-state index contributed by atoms with van der Waals surface area (Å²) >= 11 is 0. The summed E-state index contributed by atoms with van der Waals surface area (Å²) in [5.41, 5.74) is -1.87. The SMILES string of the molecule is Cn1cc(C(=O)O)cc([N+](=O)[O-])c1=O. The molecule has 0 saturated heterocycles. The molecule has 74 valence electrons. The van der Waals surface area contributed by atoms with E-state index in [0.29, 0.717) is 0 Å². The van der Waals surface area contributed by atoms with Crippen molar-refractivity contribution in [2.24, 2.45) is 7.05 Å². The summed E-state index contributed by atoms with van der Waals surface area (Å²) in [5, 5.41) is 18.9. The van der Waals surface area contributed by atoms with Crippen LogP contribution in [0.5, 0.6) is 0 Å². The van der Waals surface area contributed by atoms with Gasteiger partial charge in [-0.1, -0.05) is 0 Å². The highest BCUT2D eigenvalue weighted by Gasteiger charge is 2.17. The van der Waals surface area contributed by atoms with Crippen LogP contribution in [0.2, 0.25) is 0 Å². The first-order valence-corrected chi connectivity index (χ1v) is 3.52. The van der Waals surface area contributed by atoms with Crippen LogP contribution in [0.15, 0.2) is 17.1 Å². The van der Waals surface area contributed by atoms with Gasteiger partial charge in [0.25, 0.3) is 0 Å². The number of nitrogens with zero attached hydrogens (tertiary/aromatic N) is 2. The highest BCUT2D eigenvalue weighted by atomic mass is 16.6. The monoisotopic (exact) mass is 198 g/mol. The number of nitro groups is 1. The fourth-order valence-corrected chi connectivity index (χ4v) is 0.942. The largest absolute Gasteiger partial charge is 0.478 e. The van der Waals surface area contributed by atoms with Crippen LogP contribution in [0.3, 0.4) is 0 Å². The van der Waals surface area contributed by atoms with Gasteiger partial charge in [0.2, 0.25) is 0 Å². The van der Waals surface area contributed by atoms with Gasteiger partial charge >= 0.3 is 17.2 Å². The van der Waals surface area contributed by atoms with Gasteiger partial charge in [0.05, 0.1) is 10.5 Å². The maximum absolute atomic E-state index is 11.1. The molecule has 0 aliphatic heterocycles. The Kier molecular flexibility index (Phi) is 2.32. The number of hydrogen-bond acceptors (Lipinski definition) is 4. The topological polar surface area (TPSA) is 102 Å². The van der Waals surface area contributed by atoms with E-state index in [2.05, 4.69) is 0 Å². The Morgan fingerprint density at radius 2 is 2.21 bits per heavy atom. The molecule has 0 atom stereocenters. The molecule has 0 radical (unpaired) electrons. The molecule has 0 bridgehead atoms. The number of carbonyl (C=O) groups is 1. The van der Waals surface area contributed by atoms with Gasteiger partial charge in [-0.05, 0) is 0 Å². The van der Waals surface area contributed by atoms with Gasteiger partial charge in [-0.25, -0.2) is 4.79 Å². The molecule has 14 heavy (non-hydrogen) atoms. The minimum absolute atomic E-state index is 0.293. The second-order valence-corrected chi connectivity index (χ2v) is 2.59. The first-order valence-electron chi connectivity index (χ1n) is 3.52. The van der Waals surface area contributed by atoms with E-state index in [1.165, 1.54) is 7.05 Å². The molecule has 0 aliphatic rings.